The van der Waals surface area contributed by atoms with Gasteiger partial charge in [-0.15, -0.1) is 0 Å². The van der Waals surface area contributed by atoms with E-state index in [1.54, 1.807) is 25.2 Å². The van der Waals surface area contributed by atoms with Gasteiger partial charge in [0.05, 0.1) is 24.4 Å². The van der Waals surface area contributed by atoms with Crippen molar-refractivity contribution in [2.45, 2.75) is 18.9 Å². The van der Waals surface area contributed by atoms with Gasteiger partial charge in [-0.2, -0.15) is 0 Å². The highest BCUT2D eigenvalue weighted by Crippen LogP contribution is 2.34. The largest absolute Gasteiger partial charge is 0.369 e. The van der Waals surface area contributed by atoms with Crippen LogP contribution < -0.4 is 11.1 Å². The summed E-state index contributed by atoms with van der Waals surface area (Å²) < 4.78 is 0. The van der Waals surface area contributed by atoms with Crippen molar-refractivity contribution in [3.63, 3.8) is 0 Å². The summed E-state index contributed by atoms with van der Waals surface area (Å²) in [6.07, 6.45) is 2.78. The van der Waals surface area contributed by atoms with E-state index in [0.717, 1.165) is 5.56 Å². The molecule has 26 heavy (non-hydrogen) atoms. The minimum atomic E-state index is -0.797. The van der Waals surface area contributed by atoms with E-state index in [1.807, 2.05) is 13.0 Å². The number of nitrogens with two attached hydrogens (primary N) is 1. The van der Waals surface area contributed by atoms with Crippen molar-refractivity contribution in [2.24, 2.45) is 10.7 Å². The fraction of sp³-hybridized carbons (Fsp3) is 0.235. The second-order valence-electron chi connectivity index (χ2n) is 6.13. The van der Waals surface area contributed by atoms with Gasteiger partial charge in [-0.1, -0.05) is 23.7 Å². The van der Waals surface area contributed by atoms with E-state index in [4.69, 9.17) is 17.3 Å². The molecule has 9 heteroatoms. The van der Waals surface area contributed by atoms with Gasteiger partial charge >= 0.3 is 0 Å². The molecule has 0 radical (unpaired) electrons. The molecule has 1 aliphatic rings. The molecule has 0 bridgehead atoms. The fourth-order valence-corrected chi connectivity index (χ4v) is 2.73. The monoisotopic (exact) mass is 372 g/mol. The number of hydrogen-bond acceptors (Lipinski definition) is 6. The van der Waals surface area contributed by atoms with Crippen molar-refractivity contribution in [2.75, 3.05) is 12.4 Å². The second kappa shape index (κ2) is 6.72. The van der Waals surface area contributed by atoms with Gasteiger partial charge in [0.15, 0.2) is 5.96 Å². The van der Waals surface area contributed by atoms with E-state index in [2.05, 4.69) is 20.3 Å². The van der Waals surface area contributed by atoms with E-state index >= 15 is 0 Å². The van der Waals surface area contributed by atoms with Crippen LogP contribution >= 0.6 is 11.6 Å². The smallest absolute Gasteiger partial charge is 0.275 e. The molecule has 0 aliphatic carbocycles. The van der Waals surface area contributed by atoms with Crippen LogP contribution in [0.1, 0.15) is 29.4 Å². The van der Waals surface area contributed by atoms with Crippen LogP contribution in [0, 0.1) is 0 Å². The summed E-state index contributed by atoms with van der Waals surface area (Å²) in [7, 11) is 1.59. The molecule has 2 aromatic rings. The minimum absolute atomic E-state index is 0.120. The van der Waals surface area contributed by atoms with E-state index in [9.17, 15) is 9.59 Å². The number of benzene rings is 1. The Morgan fingerprint density at radius 3 is 2.77 bits per heavy atom. The Hall–Kier alpha value is -3.00. The molecule has 1 aromatic carbocycles. The first kappa shape index (κ1) is 17.8. The van der Waals surface area contributed by atoms with Gasteiger partial charge in [0.1, 0.15) is 10.8 Å². The lowest BCUT2D eigenvalue weighted by Gasteiger charge is -2.33. The number of aliphatic imine (C=N–C) groups is 1. The quantitative estimate of drug-likeness (QED) is 0.852. The van der Waals surface area contributed by atoms with E-state index < -0.39 is 11.4 Å². The number of hydrogen-bond donors (Lipinski definition) is 2. The lowest BCUT2D eigenvalue weighted by Crippen LogP contribution is -2.47. The standard InChI is InChI=1S/C17H17ClN6O2/c1-17(7-14(25)24(2)16(19)23-17)10-4-3-5-11(6-10)22-15(26)12-8-21-13(18)9-20-12/h3-6,8-9H,7H2,1-2H3,(H2,19,23)(H,22,26). The zero-order valence-corrected chi connectivity index (χ0v) is 15.0. The molecule has 1 atom stereocenters. The highest BCUT2D eigenvalue weighted by Gasteiger charge is 2.36. The average Bonchev–Trinajstić information content (AvgIpc) is 2.60. The van der Waals surface area contributed by atoms with Crippen LogP contribution in [0.15, 0.2) is 41.7 Å². The Morgan fingerprint density at radius 1 is 1.35 bits per heavy atom. The van der Waals surface area contributed by atoms with Gasteiger partial charge < -0.3 is 11.1 Å². The molecule has 2 amide bonds. The third-order valence-electron chi connectivity index (χ3n) is 4.17. The van der Waals surface area contributed by atoms with Gasteiger partial charge in [-0.05, 0) is 24.6 Å². The van der Waals surface area contributed by atoms with Crippen LogP contribution in [0.25, 0.3) is 0 Å². The first-order valence-electron chi connectivity index (χ1n) is 7.80. The summed E-state index contributed by atoms with van der Waals surface area (Å²) >= 11 is 5.67. The maximum absolute atomic E-state index is 12.3. The number of carbonyl (C=O) groups excluding carboxylic acids is 2. The predicted molar refractivity (Wildman–Crippen MR) is 97.8 cm³/mol. The number of amides is 2. The molecule has 3 N–H and O–H groups in total. The molecule has 0 spiro atoms. The Labute approximate surface area is 155 Å². The number of nitrogens with one attached hydrogen (secondary N) is 1. The molecule has 8 nitrogen and oxygen atoms in total. The zero-order valence-electron chi connectivity index (χ0n) is 14.2. The third kappa shape index (κ3) is 3.50. The maximum atomic E-state index is 12.3. The minimum Gasteiger partial charge on any atom is -0.369 e. The number of nitrogens with zero attached hydrogens (tertiary/aromatic N) is 4. The SMILES string of the molecule is CN1C(=O)CC(C)(c2cccc(NC(=O)c3cnc(Cl)cn3)c2)N=C1N. The summed E-state index contributed by atoms with van der Waals surface area (Å²) in [6.45, 7) is 1.83. The molecule has 0 saturated carbocycles. The van der Waals surface area contributed by atoms with Crippen LogP contribution in [0.5, 0.6) is 0 Å². The Balaban J connectivity index is 1.85. The average molecular weight is 373 g/mol. The molecule has 1 aliphatic heterocycles. The Morgan fingerprint density at radius 2 is 2.12 bits per heavy atom. The molecule has 1 unspecified atom stereocenters. The number of halogens is 1. The normalized spacial score (nSPS) is 19.9. The second-order valence-corrected chi connectivity index (χ2v) is 6.52. The molecule has 1 aromatic heterocycles. The van der Waals surface area contributed by atoms with Gasteiger partial charge in [-0.3, -0.25) is 14.5 Å². The van der Waals surface area contributed by atoms with Gasteiger partial charge in [-0.25, -0.2) is 15.0 Å². The summed E-state index contributed by atoms with van der Waals surface area (Å²) in [6, 6.07) is 7.11. The van der Waals surface area contributed by atoms with Crippen molar-refractivity contribution < 1.29 is 9.59 Å². The van der Waals surface area contributed by atoms with Crippen LogP contribution in [0.4, 0.5) is 5.69 Å². The number of carbonyl (C=O) groups is 2. The number of aromatic nitrogens is 2. The maximum Gasteiger partial charge on any atom is 0.275 e. The first-order valence-corrected chi connectivity index (χ1v) is 8.17. The van der Waals surface area contributed by atoms with Crippen LogP contribution in [0.2, 0.25) is 5.15 Å². The topological polar surface area (TPSA) is 114 Å². The van der Waals surface area contributed by atoms with Crippen molar-refractivity contribution >= 4 is 35.1 Å². The molecular weight excluding hydrogens is 356 g/mol. The van der Waals surface area contributed by atoms with Crippen molar-refractivity contribution in [1.29, 1.82) is 0 Å². The number of guanidine groups is 1. The van der Waals surface area contributed by atoms with Gasteiger partial charge in [0.25, 0.3) is 5.91 Å². The predicted octanol–water partition coefficient (Wildman–Crippen LogP) is 1.77. The first-order chi connectivity index (χ1) is 12.3. The van der Waals surface area contributed by atoms with Crippen molar-refractivity contribution in [3.8, 4) is 0 Å². The zero-order chi connectivity index (χ0) is 18.9. The highest BCUT2D eigenvalue weighted by molar-refractivity contribution is 6.29. The molecule has 0 saturated heterocycles. The summed E-state index contributed by atoms with van der Waals surface area (Å²) in [5.41, 5.74) is 6.50. The Kier molecular flexibility index (Phi) is 4.60. The van der Waals surface area contributed by atoms with E-state index in [1.165, 1.54) is 17.3 Å². The molecule has 0 fully saturated rings. The molecule has 3 rings (SSSR count). The molecular formula is C17H17ClN6O2. The highest BCUT2D eigenvalue weighted by atomic mass is 35.5. The van der Waals surface area contributed by atoms with Crippen LogP contribution in [0.3, 0.4) is 0 Å². The Bertz CT molecular complexity index is 898. The van der Waals surface area contributed by atoms with Crippen LogP contribution in [-0.4, -0.2) is 39.7 Å². The lowest BCUT2D eigenvalue weighted by atomic mass is 9.87. The van der Waals surface area contributed by atoms with E-state index in [-0.39, 0.29) is 29.1 Å². The number of anilines is 1. The number of rotatable bonds is 3. The van der Waals surface area contributed by atoms with Gasteiger partial charge in [0, 0.05) is 12.7 Å². The lowest BCUT2D eigenvalue weighted by molar-refractivity contribution is -0.128. The van der Waals surface area contributed by atoms with E-state index in [0.29, 0.717) is 5.69 Å². The van der Waals surface area contributed by atoms with Crippen LogP contribution in [-0.2, 0) is 10.3 Å². The third-order valence-corrected chi connectivity index (χ3v) is 4.36. The van der Waals surface area contributed by atoms with Gasteiger partial charge in [0.2, 0.25) is 5.91 Å². The summed E-state index contributed by atoms with van der Waals surface area (Å²) in [5, 5.41) is 2.95. The molecule has 134 valence electrons. The van der Waals surface area contributed by atoms with Crippen molar-refractivity contribution in [3.05, 3.63) is 53.1 Å². The van der Waals surface area contributed by atoms with Crippen molar-refractivity contribution in [1.82, 2.24) is 14.9 Å². The summed E-state index contributed by atoms with van der Waals surface area (Å²) in [4.78, 5) is 38.0. The fourth-order valence-electron chi connectivity index (χ4n) is 2.63. The molecule has 2 heterocycles. The summed E-state index contributed by atoms with van der Waals surface area (Å²) in [5.74, 6) is -0.376.